The van der Waals surface area contributed by atoms with Crippen molar-refractivity contribution in [3.05, 3.63) is 15.8 Å². The summed E-state index contributed by atoms with van der Waals surface area (Å²) >= 11 is 2.31. The Labute approximate surface area is 114 Å². The first-order valence-electron chi connectivity index (χ1n) is 5.86. The normalized spacial score (nSPS) is 27.1. The molecule has 0 saturated carbocycles. The maximum atomic E-state index is 5.83. The van der Waals surface area contributed by atoms with Crippen molar-refractivity contribution in [3.8, 4) is 5.75 Å². The molecular formula is C12H15IN2O2. The van der Waals surface area contributed by atoms with E-state index in [0.29, 0.717) is 12.1 Å². The highest BCUT2D eigenvalue weighted by molar-refractivity contribution is 14.1. The molecule has 92 valence electrons. The smallest absolute Gasteiger partial charge is 0.175 e. The number of rotatable bonds is 1. The molecule has 2 aliphatic rings. The molecule has 0 aliphatic carbocycles. The van der Waals surface area contributed by atoms with Gasteiger partial charge in [-0.1, -0.05) is 0 Å². The molecule has 0 unspecified atom stereocenters. The molecule has 1 aromatic heterocycles. The van der Waals surface area contributed by atoms with E-state index in [1.54, 1.807) is 7.11 Å². The zero-order valence-corrected chi connectivity index (χ0v) is 11.9. The average molecular weight is 346 g/mol. The highest BCUT2D eigenvalue weighted by Gasteiger charge is 2.36. The second kappa shape index (κ2) is 4.61. The van der Waals surface area contributed by atoms with Crippen LogP contribution in [0, 0.1) is 3.57 Å². The van der Waals surface area contributed by atoms with E-state index < -0.39 is 0 Å². The fourth-order valence-corrected chi connectivity index (χ4v) is 3.18. The van der Waals surface area contributed by atoms with Crippen LogP contribution in [-0.2, 0) is 4.74 Å². The first-order chi connectivity index (χ1) is 8.29. The number of pyridine rings is 1. The number of fused-ring (bicyclic) bond motifs is 3. The summed E-state index contributed by atoms with van der Waals surface area (Å²) in [5.74, 6) is 1.92. The third-order valence-corrected chi connectivity index (χ3v) is 4.37. The molecule has 17 heavy (non-hydrogen) atoms. The summed E-state index contributed by atoms with van der Waals surface area (Å²) in [5.41, 5.74) is 0. The Balaban J connectivity index is 1.99. The van der Waals surface area contributed by atoms with Crippen molar-refractivity contribution >= 4 is 28.4 Å². The Morgan fingerprint density at radius 3 is 3.29 bits per heavy atom. The summed E-state index contributed by atoms with van der Waals surface area (Å²) in [5, 5.41) is 0. The van der Waals surface area contributed by atoms with Gasteiger partial charge in [0.1, 0.15) is 0 Å². The van der Waals surface area contributed by atoms with Gasteiger partial charge >= 0.3 is 0 Å². The summed E-state index contributed by atoms with van der Waals surface area (Å²) in [6.07, 6.45) is 4.30. The van der Waals surface area contributed by atoms with Gasteiger partial charge in [0.25, 0.3) is 0 Å². The molecule has 2 atom stereocenters. The van der Waals surface area contributed by atoms with Crippen LogP contribution in [0.15, 0.2) is 12.3 Å². The van der Waals surface area contributed by atoms with Gasteiger partial charge in [0.05, 0.1) is 16.3 Å². The van der Waals surface area contributed by atoms with Crippen molar-refractivity contribution in [2.75, 3.05) is 25.2 Å². The van der Waals surface area contributed by atoms with Crippen molar-refractivity contribution in [3.63, 3.8) is 0 Å². The van der Waals surface area contributed by atoms with Crippen molar-refractivity contribution in [2.24, 2.45) is 0 Å². The Morgan fingerprint density at radius 2 is 2.47 bits per heavy atom. The molecule has 0 bridgehead atoms. The van der Waals surface area contributed by atoms with Crippen LogP contribution in [0.1, 0.15) is 12.8 Å². The Morgan fingerprint density at radius 1 is 1.59 bits per heavy atom. The predicted molar refractivity (Wildman–Crippen MR) is 73.6 cm³/mol. The zero-order valence-electron chi connectivity index (χ0n) is 9.73. The van der Waals surface area contributed by atoms with Gasteiger partial charge in [-0.15, -0.1) is 0 Å². The van der Waals surface area contributed by atoms with Gasteiger partial charge in [0, 0.05) is 32.3 Å². The lowest BCUT2D eigenvalue weighted by Gasteiger charge is -2.23. The molecule has 1 saturated heterocycles. The fraction of sp³-hybridized carbons (Fsp3) is 0.583. The molecule has 1 fully saturated rings. The molecule has 2 aliphatic heterocycles. The SMILES string of the molecule is CO[C@H]1C[C@H]2CCOc3c(I)ccnc3N2C1. The van der Waals surface area contributed by atoms with Crippen LogP contribution in [0.5, 0.6) is 5.75 Å². The Kier molecular flexibility index (Phi) is 3.12. The third kappa shape index (κ3) is 1.99. The quantitative estimate of drug-likeness (QED) is 0.730. The Hall–Kier alpha value is -0.560. The van der Waals surface area contributed by atoms with E-state index in [0.717, 1.165) is 41.1 Å². The molecule has 1 aromatic rings. The van der Waals surface area contributed by atoms with Crippen LogP contribution in [0.3, 0.4) is 0 Å². The summed E-state index contributed by atoms with van der Waals surface area (Å²) in [7, 11) is 1.79. The maximum absolute atomic E-state index is 5.83. The summed E-state index contributed by atoms with van der Waals surface area (Å²) in [4.78, 5) is 6.84. The topological polar surface area (TPSA) is 34.6 Å². The number of halogens is 1. The minimum absolute atomic E-state index is 0.325. The number of hydrogen-bond acceptors (Lipinski definition) is 4. The standard InChI is InChI=1S/C12H15IN2O2/c1-16-9-6-8-3-5-17-11-10(13)2-4-14-12(11)15(8)7-9/h2,4,8-9H,3,5-7H2,1H3/t8-,9+/m1/s1. The number of nitrogens with zero attached hydrogens (tertiary/aromatic N) is 2. The molecule has 4 nitrogen and oxygen atoms in total. The van der Waals surface area contributed by atoms with Crippen LogP contribution in [0.4, 0.5) is 5.82 Å². The number of hydrogen-bond donors (Lipinski definition) is 0. The molecule has 0 N–H and O–H groups in total. The lowest BCUT2D eigenvalue weighted by atomic mass is 10.1. The second-order valence-electron chi connectivity index (χ2n) is 4.48. The van der Waals surface area contributed by atoms with Gasteiger partial charge in [-0.05, 0) is 35.1 Å². The highest BCUT2D eigenvalue weighted by Crippen LogP contribution is 2.38. The average Bonchev–Trinajstić information content (AvgIpc) is 2.67. The molecule has 5 heteroatoms. The molecule has 0 aromatic carbocycles. The van der Waals surface area contributed by atoms with Crippen LogP contribution in [0.2, 0.25) is 0 Å². The van der Waals surface area contributed by atoms with Crippen LogP contribution < -0.4 is 9.64 Å². The van der Waals surface area contributed by atoms with E-state index in [2.05, 4.69) is 32.5 Å². The minimum Gasteiger partial charge on any atom is -0.489 e. The molecule has 3 rings (SSSR count). The molecule has 0 radical (unpaired) electrons. The summed E-state index contributed by atoms with van der Waals surface area (Å²) in [6.45, 7) is 1.69. The second-order valence-corrected chi connectivity index (χ2v) is 5.64. The van der Waals surface area contributed by atoms with Crippen LogP contribution in [0.25, 0.3) is 0 Å². The van der Waals surface area contributed by atoms with Gasteiger partial charge in [-0.3, -0.25) is 0 Å². The van der Waals surface area contributed by atoms with Crippen molar-refractivity contribution in [2.45, 2.75) is 25.0 Å². The van der Waals surface area contributed by atoms with E-state index in [1.165, 1.54) is 0 Å². The lowest BCUT2D eigenvalue weighted by Crippen LogP contribution is -2.29. The number of anilines is 1. The van der Waals surface area contributed by atoms with Gasteiger partial charge in [0.2, 0.25) is 0 Å². The molecule has 0 spiro atoms. The van der Waals surface area contributed by atoms with E-state index in [-0.39, 0.29) is 0 Å². The minimum atomic E-state index is 0.325. The van der Waals surface area contributed by atoms with Gasteiger partial charge in [-0.25, -0.2) is 4.98 Å². The molecule has 3 heterocycles. The molecular weight excluding hydrogens is 331 g/mol. The predicted octanol–water partition coefficient (Wildman–Crippen LogP) is 2.06. The first kappa shape index (κ1) is 11.5. The van der Waals surface area contributed by atoms with Crippen molar-refractivity contribution < 1.29 is 9.47 Å². The van der Waals surface area contributed by atoms with Crippen LogP contribution in [-0.4, -0.2) is 37.4 Å². The fourth-order valence-electron chi connectivity index (χ4n) is 2.63. The Bertz CT molecular complexity index is 427. The van der Waals surface area contributed by atoms with Crippen molar-refractivity contribution in [1.82, 2.24) is 4.98 Å². The summed E-state index contributed by atoms with van der Waals surface area (Å²) < 4.78 is 12.4. The maximum Gasteiger partial charge on any atom is 0.175 e. The largest absolute Gasteiger partial charge is 0.489 e. The number of aromatic nitrogens is 1. The first-order valence-corrected chi connectivity index (χ1v) is 6.94. The highest BCUT2D eigenvalue weighted by atomic mass is 127. The van der Waals surface area contributed by atoms with Gasteiger partial charge in [0.15, 0.2) is 11.6 Å². The number of methoxy groups -OCH3 is 1. The third-order valence-electron chi connectivity index (χ3n) is 3.52. The van der Waals surface area contributed by atoms with E-state index >= 15 is 0 Å². The number of ether oxygens (including phenoxy) is 2. The molecule has 0 amide bonds. The van der Waals surface area contributed by atoms with E-state index in [9.17, 15) is 0 Å². The van der Waals surface area contributed by atoms with Crippen molar-refractivity contribution in [1.29, 1.82) is 0 Å². The van der Waals surface area contributed by atoms with Crippen LogP contribution >= 0.6 is 22.6 Å². The van der Waals surface area contributed by atoms with Gasteiger partial charge < -0.3 is 14.4 Å². The van der Waals surface area contributed by atoms with Gasteiger partial charge in [-0.2, -0.15) is 0 Å². The summed E-state index contributed by atoms with van der Waals surface area (Å²) in [6, 6.07) is 2.50. The van der Waals surface area contributed by atoms with E-state index in [4.69, 9.17) is 9.47 Å². The monoisotopic (exact) mass is 346 g/mol. The van der Waals surface area contributed by atoms with E-state index in [1.807, 2.05) is 12.3 Å². The lowest BCUT2D eigenvalue weighted by molar-refractivity contribution is 0.117. The zero-order chi connectivity index (χ0) is 11.8.